The van der Waals surface area contributed by atoms with E-state index in [1.165, 1.54) is 15.4 Å². The molecule has 0 saturated carbocycles. The summed E-state index contributed by atoms with van der Waals surface area (Å²) in [4.78, 5) is 0. The van der Waals surface area contributed by atoms with E-state index < -0.39 is 0 Å². The Hall–Kier alpha value is 0.644. The van der Waals surface area contributed by atoms with E-state index in [0.717, 1.165) is 6.42 Å². The molecule has 0 nitrogen and oxygen atoms in total. The summed E-state index contributed by atoms with van der Waals surface area (Å²) in [5.41, 5.74) is 2.94. The summed E-state index contributed by atoms with van der Waals surface area (Å²) in [5.74, 6) is 0. The smallest absolute Gasteiger partial charge is 1.00 e. The van der Waals surface area contributed by atoms with Gasteiger partial charge in [-0.3, -0.25) is 0 Å². The summed E-state index contributed by atoms with van der Waals surface area (Å²) in [6, 6.07) is 0. The molecule has 3 heteroatoms. The Kier molecular flexibility index (Phi) is 7.04. The van der Waals surface area contributed by atoms with Crippen molar-refractivity contribution in [2.75, 3.05) is 0 Å². The van der Waals surface area contributed by atoms with Crippen LogP contribution >= 0.6 is 0 Å². The van der Waals surface area contributed by atoms with Crippen LogP contribution in [0.3, 0.4) is 0 Å². The van der Waals surface area contributed by atoms with Gasteiger partial charge >= 0.3 is 59.2 Å². The first-order chi connectivity index (χ1) is 3.72. The zero-order valence-electron chi connectivity index (χ0n) is 5.99. The first-order valence-corrected chi connectivity index (χ1v) is 3.47. The van der Waals surface area contributed by atoms with Gasteiger partial charge in [-0.1, -0.05) is 0 Å². The summed E-state index contributed by atoms with van der Waals surface area (Å²) in [6.07, 6.45) is 3.43. The van der Waals surface area contributed by atoms with Crippen LogP contribution in [0, 0.1) is 0 Å². The van der Waals surface area contributed by atoms with Gasteiger partial charge in [0.25, 0.3) is 0 Å². The van der Waals surface area contributed by atoms with Crippen LogP contribution in [0.25, 0.3) is 0 Å². The first kappa shape index (κ1) is 13.2. The summed E-state index contributed by atoms with van der Waals surface area (Å²) in [6.45, 7) is 4.34. The van der Waals surface area contributed by atoms with Crippen molar-refractivity contribution in [2.24, 2.45) is 0 Å². The van der Waals surface area contributed by atoms with Crippen LogP contribution in [0.5, 0.6) is 0 Å². The second kappa shape index (κ2) is 5.32. The maximum Gasteiger partial charge on any atom is -1.00 e. The number of rotatable bonds is 0. The quantitative estimate of drug-likeness (QED) is 0.388. The van der Waals surface area contributed by atoms with E-state index in [2.05, 4.69) is 37.3 Å². The molecule has 0 N–H and O–H groups in total. The molecule has 1 aliphatic carbocycles. The van der Waals surface area contributed by atoms with Gasteiger partial charge in [-0.25, -0.2) is 0 Å². The van der Waals surface area contributed by atoms with Crippen molar-refractivity contribution in [1.29, 1.82) is 0 Å². The van der Waals surface area contributed by atoms with Gasteiger partial charge in [-0.05, 0) is 0 Å². The van der Waals surface area contributed by atoms with Crippen LogP contribution < -0.4 is 24.8 Å². The standard InChI is InChI=1S/C7H9.2ClH.V/c1-6-3-4-7(2)5-6;;;/h3H,4H2,1-2H3;2*1H;/q;;;+2/p-2. The molecule has 0 aromatic rings. The minimum Gasteiger partial charge on any atom is -1.00 e. The molecule has 56 valence electrons. The molecule has 0 fully saturated rings. The average Bonchev–Trinajstić information content (AvgIpc) is 1.98. The molecule has 0 bridgehead atoms. The number of hydrogen-bond donors (Lipinski definition) is 0. The maximum atomic E-state index is 2.62. The summed E-state index contributed by atoms with van der Waals surface area (Å²) >= 11 is 2.62. The Morgan fingerprint density at radius 2 is 1.80 bits per heavy atom. The molecule has 10 heavy (non-hydrogen) atoms. The van der Waals surface area contributed by atoms with Crippen molar-refractivity contribution in [2.45, 2.75) is 20.3 Å². The molecule has 0 unspecified atom stereocenters. The summed E-state index contributed by atoms with van der Waals surface area (Å²) < 4.78 is 1.43. The fourth-order valence-electron chi connectivity index (χ4n) is 0.836. The number of halogens is 2. The van der Waals surface area contributed by atoms with Gasteiger partial charge in [0.1, 0.15) is 0 Å². The van der Waals surface area contributed by atoms with Gasteiger partial charge in [-0.15, -0.1) is 0 Å². The molecule has 0 aromatic carbocycles. The SMILES string of the molecule is CC1=CCC(C)=[C]1[V+2].[Cl-].[Cl-]. The third-order valence-electron chi connectivity index (χ3n) is 1.49. The number of allylic oxidation sites excluding steroid dienone is 4. The Labute approximate surface area is 83.9 Å². The topological polar surface area (TPSA) is 0 Å². The second-order valence-corrected chi connectivity index (χ2v) is 2.92. The fraction of sp³-hybridized carbons (Fsp3) is 0.429. The third-order valence-corrected chi connectivity index (χ3v) is 2.64. The number of hydrogen-bond acceptors (Lipinski definition) is 0. The van der Waals surface area contributed by atoms with E-state index in [9.17, 15) is 0 Å². The van der Waals surface area contributed by atoms with Gasteiger partial charge in [0.2, 0.25) is 0 Å². The fourth-order valence-corrected chi connectivity index (χ4v) is 1.12. The molecule has 0 aromatic heterocycles. The molecule has 0 radical (unpaired) electrons. The van der Waals surface area contributed by atoms with E-state index in [-0.39, 0.29) is 24.8 Å². The molecule has 0 heterocycles. The molecular formula is C7H9Cl2V. The third kappa shape index (κ3) is 2.71. The average molecular weight is 215 g/mol. The van der Waals surface area contributed by atoms with Gasteiger partial charge in [-0.2, -0.15) is 0 Å². The van der Waals surface area contributed by atoms with Crippen molar-refractivity contribution in [3.05, 3.63) is 21.5 Å². The normalized spacial score (nSPS) is 15.5. The van der Waals surface area contributed by atoms with Gasteiger partial charge in [0.05, 0.1) is 0 Å². The Morgan fingerprint density at radius 3 is 1.90 bits per heavy atom. The van der Waals surface area contributed by atoms with Crippen LogP contribution in [-0.2, 0) is 17.4 Å². The van der Waals surface area contributed by atoms with Crippen LogP contribution in [-0.4, -0.2) is 0 Å². The van der Waals surface area contributed by atoms with Gasteiger partial charge < -0.3 is 24.8 Å². The second-order valence-electron chi connectivity index (χ2n) is 2.22. The van der Waals surface area contributed by atoms with Crippen LogP contribution in [0.4, 0.5) is 0 Å². The zero-order chi connectivity index (χ0) is 6.15. The molecule has 0 saturated heterocycles. The van der Waals surface area contributed by atoms with Crippen LogP contribution in [0.2, 0.25) is 0 Å². The molecule has 0 aliphatic heterocycles. The van der Waals surface area contributed by atoms with Crippen molar-refractivity contribution >= 4 is 0 Å². The van der Waals surface area contributed by atoms with E-state index in [4.69, 9.17) is 0 Å². The maximum absolute atomic E-state index is 2.62. The Morgan fingerprint density at radius 1 is 1.30 bits per heavy atom. The molecule has 0 atom stereocenters. The Bertz CT molecular complexity index is 165. The van der Waals surface area contributed by atoms with E-state index in [0.29, 0.717) is 0 Å². The minimum atomic E-state index is 0. The van der Waals surface area contributed by atoms with Crippen LogP contribution in [0.15, 0.2) is 21.5 Å². The molecule has 1 rings (SSSR count). The predicted molar refractivity (Wildman–Crippen MR) is 31.1 cm³/mol. The van der Waals surface area contributed by atoms with Crippen molar-refractivity contribution in [3.63, 3.8) is 0 Å². The molecule has 0 spiro atoms. The van der Waals surface area contributed by atoms with Gasteiger partial charge in [0, 0.05) is 0 Å². The van der Waals surface area contributed by atoms with E-state index >= 15 is 0 Å². The van der Waals surface area contributed by atoms with E-state index in [1.807, 2.05) is 0 Å². The van der Waals surface area contributed by atoms with Crippen molar-refractivity contribution in [1.82, 2.24) is 0 Å². The Balaban J connectivity index is 0. The first-order valence-electron chi connectivity index (χ1n) is 2.77. The monoisotopic (exact) mass is 214 g/mol. The largest absolute Gasteiger partial charge is 1.00 e. The van der Waals surface area contributed by atoms with Crippen molar-refractivity contribution in [3.8, 4) is 0 Å². The van der Waals surface area contributed by atoms with Crippen molar-refractivity contribution < 1.29 is 42.2 Å². The van der Waals surface area contributed by atoms with E-state index in [1.54, 1.807) is 0 Å². The van der Waals surface area contributed by atoms with Crippen LogP contribution in [0.1, 0.15) is 20.3 Å². The molecule has 1 aliphatic rings. The van der Waals surface area contributed by atoms with Gasteiger partial charge in [0.15, 0.2) is 0 Å². The molecular weight excluding hydrogens is 206 g/mol. The predicted octanol–water partition coefficient (Wildman–Crippen LogP) is -3.83. The summed E-state index contributed by atoms with van der Waals surface area (Å²) in [5, 5.41) is 0. The zero-order valence-corrected chi connectivity index (χ0v) is 8.90. The minimum absolute atomic E-state index is 0. The summed E-state index contributed by atoms with van der Waals surface area (Å²) in [7, 11) is 0. The molecule has 0 amide bonds.